The molecule has 0 saturated heterocycles. The van der Waals surface area contributed by atoms with E-state index in [0.717, 1.165) is 17.9 Å². The standard InChI is InChI=1S/C10H8BrClN2O/c11-10-14-13-9(15-10)6-3-7-1-4-8(12)5-2-7/h1-2,4-5H,3,6H2. The molecule has 1 aromatic heterocycles. The fourth-order valence-corrected chi connectivity index (χ4v) is 1.63. The quantitative estimate of drug-likeness (QED) is 0.869. The number of hydrogen-bond acceptors (Lipinski definition) is 3. The molecule has 0 radical (unpaired) electrons. The second-order valence-corrected chi connectivity index (χ2v) is 4.19. The number of rotatable bonds is 3. The largest absolute Gasteiger partial charge is 0.416 e. The van der Waals surface area contributed by atoms with Gasteiger partial charge in [0.2, 0.25) is 5.89 Å². The zero-order chi connectivity index (χ0) is 10.7. The molecule has 3 nitrogen and oxygen atoms in total. The zero-order valence-corrected chi connectivity index (χ0v) is 10.1. The molecular formula is C10H8BrClN2O. The Kier molecular flexibility index (Phi) is 3.38. The lowest BCUT2D eigenvalue weighted by Gasteiger charge is -1.97. The van der Waals surface area contributed by atoms with Crippen molar-refractivity contribution in [2.45, 2.75) is 12.8 Å². The molecule has 15 heavy (non-hydrogen) atoms. The van der Waals surface area contributed by atoms with Gasteiger partial charge in [0, 0.05) is 27.4 Å². The Bertz CT molecular complexity index is 441. The van der Waals surface area contributed by atoms with Crippen LogP contribution in [-0.2, 0) is 12.8 Å². The molecule has 2 rings (SSSR count). The summed E-state index contributed by atoms with van der Waals surface area (Å²) in [7, 11) is 0. The smallest absolute Gasteiger partial charge is 0.284 e. The van der Waals surface area contributed by atoms with Gasteiger partial charge in [-0.25, -0.2) is 0 Å². The molecule has 2 aromatic rings. The van der Waals surface area contributed by atoms with Crippen LogP contribution >= 0.6 is 27.5 Å². The summed E-state index contributed by atoms with van der Waals surface area (Å²) < 4.78 is 5.20. The third-order valence-corrected chi connectivity index (χ3v) is 2.56. The van der Waals surface area contributed by atoms with E-state index >= 15 is 0 Å². The minimum Gasteiger partial charge on any atom is -0.416 e. The first-order valence-electron chi connectivity index (χ1n) is 4.46. The van der Waals surface area contributed by atoms with Crippen LogP contribution in [-0.4, -0.2) is 10.2 Å². The van der Waals surface area contributed by atoms with Gasteiger partial charge in [-0.1, -0.05) is 23.7 Å². The van der Waals surface area contributed by atoms with Crippen LogP contribution in [0.25, 0.3) is 0 Å². The highest BCUT2D eigenvalue weighted by Crippen LogP contribution is 2.13. The van der Waals surface area contributed by atoms with E-state index in [1.54, 1.807) is 0 Å². The lowest BCUT2D eigenvalue weighted by atomic mass is 10.1. The van der Waals surface area contributed by atoms with Crippen molar-refractivity contribution in [2.75, 3.05) is 0 Å². The third-order valence-electron chi connectivity index (χ3n) is 1.98. The highest BCUT2D eigenvalue weighted by Gasteiger charge is 2.03. The second kappa shape index (κ2) is 4.77. The minimum absolute atomic E-state index is 0.425. The van der Waals surface area contributed by atoms with Gasteiger partial charge in [0.25, 0.3) is 4.80 Å². The fraction of sp³-hybridized carbons (Fsp3) is 0.200. The third kappa shape index (κ3) is 3.04. The van der Waals surface area contributed by atoms with Crippen LogP contribution in [0.3, 0.4) is 0 Å². The summed E-state index contributed by atoms with van der Waals surface area (Å²) in [5, 5.41) is 8.33. The lowest BCUT2D eigenvalue weighted by molar-refractivity contribution is 0.471. The van der Waals surface area contributed by atoms with Crippen molar-refractivity contribution in [1.82, 2.24) is 10.2 Å². The summed E-state index contributed by atoms with van der Waals surface area (Å²) in [6, 6.07) is 7.74. The normalized spacial score (nSPS) is 10.5. The molecule has 0 aliphatic carbocycles. The molecule has 0 amide bonds. The highest BCUT2D eigenvalue weighted by molar-refractivity contribution is 9.10. The van der Waals surface area contributed by atoms with Crippen molar-refractivity contribution in [2.24, 2.45) is 0 Å². The Labute approximate surface area is 101 Å². The summed E-state index contributed by atoms with van der Waals surface area (Å²) >= 11 is 8.90. The lowest BCUT2D eigenvalue weighted by Crippen LogP contribution is -1.91. The number of halogens is 2. The van der Waals surface area contributed by atoms with Crippen LogP contribution < -0.4 is 0 Å². The van der Waals surface area contributed by atoms with Gasteiger partial charge >= 0.3 is 0 Å². The molecule has 0 aliphatic rings. The SMILES string of the molecule is Clc1ccc(CCc2nnc(Br)o2)cc1. The minimum atomic E-state index is 0.425. The second-order valence-electron chi connectivity index (χ2n) is 3.08. The van der Waals surface area contributed by atoms with E-state index in [1.165, 1.54) is 5.56 Å². The maximum absolute atomic E-state index is 5.79. The first kappa shape index (κ1) is 10.6. The summed E-state index contributed by atoms with van der Waals surface area (Å²) in [5.74, 6) is 0.636. The summed E-state index contributed by atoms with van der Waals surface area (Å²) in [5.41, 5.74) is 1.20. The van der Waals surface area contributed by atoms with E-state index in [4.69, 9.17) is 16.0 Å². The molecular weight excluding hydrogens is 279 g/mol. The molecule has 0 bridgehead atoms. The summed E-state index contributed by atoms with van der Waals surface area (Å²) in [6.45, 7) is 0. The predicted molar refractivity (Wildman–Crippen MR) is 60.9 cm³/mol. The van der Waals surface area contributed by atoms with E-state index in [9.17, 15) is 0 Å². The van der Waals surface area contributed by atoms with Gasteiger partial charge in [0.15, 0.2) is 0 Å². The van der Waals surface area contributed by atoms with Gasteiger partial charge < -0.3 is 4.42 Å². The fourth-order valence-electron chi connectivity index (χ4n) is 1.24. The molecule has 0 atom stereocenters. The highest BCUT2D eigenvalue weighted by atomic mass is 79.9. The van der Waals surface area contributed by atoms with Crippen molar-refractivity contribution in [3.63, 3.8) is 0 Å². The first-order valence-corrected chi connectivity index (χ1v) is 5.63. The average molecular weight is 288 g/mol. The van der Waals surface area contributed by atoms with Crippen LogP contribution in [0, 0.1) is 0 Å². The molecule has 1 heterocycles. The van der Waals surface area contributed by atoms with E-state index in [0.29, 0.717) is 10.7 Å². The molecule has 5 heteroatoms. The summed E-state index contributed by atoms with van der Waals surface area (Å²) in [4.78, 5) is 0.425. The predicted octanol–water partition coefficient (Wildman–Crippen LogP) is 3.27. The molecule has 78 valence electrons. The molecule has 0 saturated carbocycles. The number of hydrogen-bond donors (Lipinski definition) is 0. The van der Waals surface area contributed by atoms with Gasteiger partial charge in [0.05, 0.1) is 0 Å². The van der Waals surface area contributed by atoms with Crippen molar-refractivity contribution in [3.8, 4) is 0 Å². The van der Waals surface area contributed by atoms with Gasteiger partial charge in [0.1, 0.15) is 0 Å². The Balaban J connectivity index is 1.96. The molecule has 0 N–H and O–H groups in total. The van der Waals surface area contributed by atoms with Crippen molar-refractivity contribution >= 4 is 27.5 Å². The molecule has 0 fully saturated rings. The van der Waals surface area contributed by atoms with E-state index < -0.39 is 0 Å². The van der Waals surface area contributed by atoms with Gasteiger partial charge in [-0.3, -0.25) is 0 Å². The first-order chi connectivity index (χ1) is 7.24. The Morgan fingerprint density at radius 1 is 1.13 bits per heavy atom. The van der Waals surface area contributed by atoms with Gasteiger partial charge in [-0.2, -0.15) is 0 Å². The number of aryl methyl sites for hydroxylation is 2. The van der Waals surface area contributed by atoms with Gasteiger partial charge in [-0.15, -0.1) is 10.2 Å². The average Bonchev–Trinajstić information content (AvgIpc) is 2.64. The van der Waals surface area contributed by atoms with Crippen molar-refractivity contribution in [3.05, 3.63) is 45.5 Å². The van der Waals surface area contributed by atoms with Crippen LogP contribution in [0.1, 0.15) is 11.5 Å². The van der Waals surface area contributed by atoms with E-state index in [-0.39, 0.29) is 0 Å². The number of aromatic nitrogens is 2. The molecule has 0 aliphatic heterocycles. The van der Waals surface area contributed by atoms with E-state index in [2.05, 4.69) is 26.1 Å². The van der Waals surface area contributed by atoms with Crippen LogP contribution in [0.15, 0.2) is 33.5 Å². The number of benzene rings is 1. The van der Waals surface area contributed by atoms with Crippen molar-refractivity contribution in [1.29, 1.82) is 0 Å². The molecule has 0 spiro atoms. The maximum atomic E-state index is 5.79. The zero-order valence-electron chi connectivity index (χ0n) is 7.78. The maximum Gasteiger partial charge on any atom is 0.284 e. The Hall–Kier alpha value is -0.870. The van der Waals surface area contributed by atoms with E-state index in [1.807, 2.05) is 24.3 Å². The van der Waals surface area contributed by atoms with Crippen LogP contribution in [0.2, 0.25) is 5.02 Å². The summed E-state index contributed by atoms with van der Waals surface area (Å²) in [6.07, 6.45) is 1.60. The molecule has 1 aromatic carbocycles. The number of nitrogens with zero attached hydrogens (tertiary/aromatic N) is 2. The monoisotopic (exact) mass is 286 g/mol. The molecule has 0 unspecified atom stereocenters. The van der Waals surface area contributed by atoms with Crippen LogP contribution in [0.4, 0.5) is 0 Å². The van der Waals surface area contributed by atoms with Crippen molar-refractivity contribution < 1.29 is 4.42 Å². The topological polar surface area (TPSA) is 38.9 Å². The Morgan fingerprint density at radius 2 is 1.87 bits per heavy atom. The Morgan fingerprint density at radius 3 is 2.47 bits per heavy atom. The van der Waals surface area contributed by atoms with Crippen LogP contribution in [0.5, 0.6) is 0 Å². The van der Waals surface area contributed by atoms with Gasteiger partial charge in [-0.05, 0) is 24.1 Å².